The molecule has 0 rings (SSSR count). The molecule has 0 saturated heterocycles. The monoisotopic (exact) mass is 196 g/mol. The average molecular weight is 196 g/mol. The maximum absolute atomic E-state index is 5.56. The fourth-order valence-corrected chi connectivity index (χ4v) is 1.80. The van der Waals surface area contributed by atoms with Crippen molar-refractivity contribution in [1.82, 2.24) is 0 Å². The van der Waals surface area contributed by atoms with E-state index in [0.29, 0.717) is 0 Å². The molecule has 0 N–H and O–H groups in total. The first-order chi connectivity index (χ1) is 6.45. The number of ether oxygens (including phenoxy) is 1. The zero-order valence-electron chi connectivity index (χ0n) is 10.3. The van der Waals surface area contributed by atoms with Crippen LogP contribution in [-0.4, -0.2) is 12.7 Å². The number of hydrogen-bond acceptors (Lipinski definition) is 1. The summed E-state index contributed by atoms with van der Waals surface area (Å²) in [6.07, 6.45) is 9.41. The van der Waals surface area contributed by atoms with Crippen LogP contribution in [0.1, 0.15) is 53.4 Å². The molecule has 0 aliphatic carbocycles. The van der Waals surface area contributed by atoms with Gasteiger partial charge in [0.25, 0.3) is 0 Å². The van der Waals surface area contributed by atoms with Crippen LogP contribution in [0.5, 0.6) is 0 Å². The Hall–Kier alpha value is -0.480. The Balaban J connectivity index is 4.51. The summed E-state index contributed by atoms with van der Waals surface area (Å²) in [5.41, 5.74) is 0.192. The second-order valence-electron chi connectivity index (χ2n) is 4.73. The Morgan fingerprint density at radius 1 is 1.21 bits per heavy atom. The minimum atomic E-state index is -0.0262. The summed E-state index contributed by atoms with van der Waals surface area (Å²) in [5, 5.41) is 0. The predicted octanol–water partition coefficient (Wildman–Crippen LogP) is 3.63. The molecule has 82 valence electrons. The lowest BCUT2D eigenvalue weighted by Gasteiger charge is -2.37. The third kappa shape index (κ3) is 3.72. The van der Waals surface area contributed by atoms with Gasteiger partial charge in [-0.15, -0.1) is 12.3 Å². The third-order valence-electron chi connectivity index (χ3n) is 3.42. The van der Waals surface area contributed by atoms with E-state index in [0.717, 1.165) is 25.7 Å². The van der Waals surface area contributed by atoms with Crippen molar-refractivity contribution in [1.29, 1.82) is 0 Å². The maximum Gasteiger partial charge on any atom is 0.0653 e. The first-order valence-electron chi connectivity index (χ1n) is 5.44. The van der Waals surface area contributed by atoms with Crippen molar-refractivity contribution in [2.45, 2.75) is 59.0 Å². The molecule has 1 nitrogen and oxygen atoms in total. The standard InChI is InChI=1S/C13H24O/c1-7-10-12(4,8-2)11-13(5,9-3)14-6/h1H,8-11H2,2-6H3. The maximum atomic E-state index is 5.56. The summed E-state index contributed by atoms with van der Waals surface area (Å²) in [6.45, 7) is 8.77. The van der Waals surface area contributed by atoms with Crippen molar-refractivity contribution in [2.75, 3.05) is 7.11 Å². The van der Waals surface area contributed by atoms with Gasteiger partial charge in [-0.3, -0.25) is 0 Å². The van der Waals surface area contributed by atoms with Crippen molar-refractivity contribution in [3.8, 4) is 12.3 Å². The molecule has 14 heavy (non-hydrogen) atoms. The lowest BCUT2D eigenvalue weighted by Crippen LogP contribution is -2.34. The minimum Gasteiger partial charge on any atom is -0.379 e. The molecule has 0 heterocycles. The molecule has 0 aliphatic rings. The highest BCUT2D eigenvalue weighted by Crippen LogP contribution is 2.37. The SMILES string of the molecule is C#CCC(C)(CC)CC(C)(CC)OC. The van der Waals surface area contributed by atoms with Crippen LogP contribution in [0, 0.1) is 17.8 Å². The highest BCUT2D eigenvalue weighted by molar-refractivity contribution is 4.95. The summed E-state index contributed by atoms with van der Waals surface area (Å²) < 4.78 is 5.56. The van der Waals surface area contributed by atoms with E-state index < -0.39 is 0 Å². The molecule has 2 atom stereocenters. The van der Waals surface area contributed by atoms with Crippen LogP contribution in [0.25, 0.3) is 0 Å². The van der Waals surface area contributed by atoms with Gasteiger partial charge in [-0.25, -0.2) is 0 Å². The number of terminal acetylenes is 1. The largest absolute Gasteiger partial charge is 0.379 e. The van der Waals surface area contributed by atoms with Gasteiger partial charge in [0, 0.05) is 13.5 Å². The molecule has 0 aromatic carbocycles. The fourth-order valence-electron chi connectivity index (χ4n) is 1.80. The van der Waals surface area contributed by atoms with Gasteiger partial charge in [0.2, 0.25) is 0 Å². The van der Waals surface area contributed by atoms with Crippen molar-refractivity contribution < 1.29 is 4.74 Å². The minimum absolute atomic E-state index is 0.0262. The van der Waals surface area contributed by atoms with Crippen molar-refractivity contribution in [2.24, 2.45) is 5.41 Å². The molecule has 0 aromatic heterocycles. The number of methoxy groups -OCH3 is 1. The van der Waals surface area contributed by atoms with E-state index in [-0.39, 0.29) is 11.0 Å². The van der Waals surface area contributed by atoms with Crippen LogP contribution in [-0.2, 0) is 4.74 Å². The summed E-state index contributed by atoms with van der Waals surface area (Å²) in [7, 11) is 1.79. The molecule has 0 saturated carbocycles. The Morgan fingerprint density at radius 2 is 1.79 bits per heavy atom. The topological polar surface area (TPSA) is 9.23 Å². The molecule has 0 bridgehead atoms. The van der Waals surface area contributed by atoms with Crippen molar-refractivity contribution in [3.05, 3.63) is 0 Å². The lowest BCUT2D eigenvalue weighted by molar-refractivity contribution is -0.0343. The van der Waals surface area contributed by atoms with Crippen LogP contribution >= 0.6 is 0 Å². The summed E-state index contributed by atoms with van der Waals surface area (Å²) in [4.78, 5) is 0. The van der Waals surface area contributed by atoms with Crippen LogP contribution < -0.4 is 0 Å². The first-order valence-corrected chi connectivity index (χ1v) is 5.44. The van der Waals surface area contributed by atoms with Crippen LogP contribution in [0.15, 0.2) is 0 Å². The summed E-state index contributed by atoms with van der Waals surface area (Å²) >= 11 is 0. The Kier molecular flexibility index (Phi) is 5.23. The van der Waals surface area contributed by atoms with Gasteiger partial charge in [0.05, 0.1) is 5.60 Å². The average Bonchev–Trinajstić information content (AvgIpc) is 2.18. The van der Waals surface area contributed by atoms with E-state index in [2.05, 4.69) is 33.6 Å². The van der Waals surface area contributed by atoms with E-state index in [4.69, 9.17) is 11.2 Å². The predicted molar refractivity (Wildman–Crippen MR) is 62.2 cm³/mol. The molecule has 1 heteroatoms. The first kappa shape index (κ1) is 13.5. The molecule has 0 spiro atoms. The van der Waals surface area contributed by atoms with Gasteiger partial charge in [-0.1, -0.05) is 20.8 Å². The molecule has 0 radical (unpaired) electrons. The normalized spacial score (nSPS) is 19.4. The highest BCUT2D eigenvalue weighted by Gasteiger charge is 2.32. The quantitative estimate of drug-likeness (QED) is 0.589. The van der Waals surface area contributed by atoms with E-state index >= 15 is 0 Å². The Bertz CT molecular complexity index is 198. The third-order valence-corrected chi connectivity index (χ3v) is 3.42. The van der Waals surface area contributed by atoms with Gasteiger partial charge in [0.1, 0.15) is 0 Å². The van der Waals surface area contributed by atoms with Crippen LogP contribution in [0.2, 0.25) is 0 Å². The zero-order valence-corrected chi connectivity index (χ0v) is 10.3. The van der Waals surface area contributed by atoms with Gasteiger partial charge in [-0.05, 0) is 31.6 Å². The van der Waals surface area contributed by atoms with Gasteiger partial charge >= 0.3 is 0 Å². The summed E-state index contributed by atoms with van der Waals surface area (Å²) in [5.74, 6) is 2.77. The molecule has 0 amide bonds. The van der Waals surface area contributed by atoms with Gasteiger partial charge < -0.3 is 4.74 Å². The van der Waals surface area contributed by atoms with Gasteiger partial charge in [-0.2, -0.15) is 0 Å². The smallest absolute Gasteiger partial charge is 0.0653 e. The van der Waals surface area contributed by atoms with Gasteiger partial charge in [0.15, 0.2) is 0 Å². The second kappa shape index (κ2) is 5.41. The summed E-state index contributed by atoms with van der Waals surface area (Å²) in [6, 6.07) is 0. The van der Waals surface area contributed by atoms with E-state index in [1.165, 1.54) is 0 Å². The molecule has 0 aliphatic heterocycles. The Morgan fingerprint density at radius 3 is 2.07 bits per heavy atom. The van der Waals surface area contributed by atoms with E-state index in [1.807, 2.05) is 0 Å². The lowest BCUT2D eigenvalue weighted by atomic mass is 9.74. The van der Waals surface area contributed by atoms with Crippen LogP contribution in [0.3, 0.4) is 0 Å². The molecule has 0 aromatic rings. The second-order valence-corrected chi connectivity index (χ2v) is 4.73. The highest BCUT2D eigenvalue weighted by atomic mass is 16.5. The fraction of sp³-hybridized carbons (Fsp3) is 0.846. The van der Waals surface area contributed by atoms with E-state index in [1.54, 1.807) is 7.11 Å². The van der Waals surface area contributed by atoms with Crippen molar-refractivity contribution in [3.63, 3.8) is 0 Å². The Labute approximate surface area is 89.2 Å². The van der Waals surface area contributed by atoms with Crippen LogP contribution in [0.4, 0.5) is 0 Å². The number of rotatable bonds is 6. The van der Waals surface area contributed by atoms with E-state index in [9.17, 15) is 0 Å². The molecule has 0 fully saturated rings. The zero-order chi connectivity index (χ0) is 11.2. The number of hydrogen-bond donors (Lipinski definition) is 0. The molecular formula is C13H24O. The molecule has 2 unspecified atom stereocenters. The van der Waals surface area contributed by atoms with Crippen molar-refractivity contribution >= 4 is 0 Å². The molecular weight excluding hydrogens is 172 g/mol.